The number of pyridine rings is 1. The van der Waals surface area contributed by atoms with Crippen LogP contribution in [0.25, 0.3) is 54.6 Å². The van der Waals surface area contributed by atoms with Gasteiger partial charge in [0.2, 0.25) is 19.4 Å². The Morgan fingerprint density at radius 1 is 0.667 bits per heavy atom. The van der Waals surface area contributed by atoms with Crippen LogP contribution in [0.15, 0.2) is 54.7 Å². The molecular formula is C37H22N2O9. The number of anilines is 1. The molecule has 0 N–H and O–H groups in total. The molecule has 1 amide bonds. The lowest BCUT2D eigenvalue weighted by molar-refractivity contribution is -0.114. The monoisotopic (exact) mass is 638 g/mol. The Kier molecular flexibility index (Phi) is 5.10. The van der Waals surface area contributed by atoms with Gasteiger partial charge in [-0.25, -0.2) is 0 Å². The maximum atomic E-state index is 14.2. The van der Waals surface area contributed by atoms with E-state index in [4.69, 9.17) is 33.4 Å². The summed E-state index contributed by atoms with van der Waals surface area (Å²) in [5.41, 5.74) is 3.77. The van der Waals surface area contributed by atoms with Crippen LogP contribution >= 0.6 is 0 Å². The van der Waals surface area contributed by atoms with Gasteiger partial charge in [0.1, 0.15) is 17.2 Å². The molecule has 4 aliphatic rings. The zero-order valence-electron chi connectivity index (χ0n) is 25.7. The molecule has 3 aliphatic heterocycles. The maximum absolute atomic E-state index is 14.2. The number of carbonyl (C=O) groups is 3. The lowest BCUT2D eigenvalue weighted by Gasteiger charge is -2.31. The van der Waals surface area contributed by atoms with Gasteiger partial charge in [-0.15, -0.1) is 0 Å². The fourth-order valence-corrected chi connectivity index (χ4v) is 7.76. The smallest absolute Gasteiger partial charge is 0.299 e. The molecule has 1 aliphatic carbocycles. The van der Waals surface area contributed by atoms with E-state index in [0.717, 1.165) is 5.39 Å². The van der Waals surface area contributed by atoms with Crippen LogP contribution in [0, 0.1) is 0 Å². The van der Waals surface area contributed by atoms with Gasteiger partial charge in [-0.1, -0.05) is 24.3 Å². The summed E-state index contributed by atoms with van der Waals surface area (Å²) < 4.78 is 35.3. The SMILES string of the molecule is COc1cccc2c1C(=O)c1ncc(-c3c4c5c(cc6c(c5c5cccc(OC)c35)OCO6)C(=O)C(=O)N4C)c3cc4c(c-2c13)OCO4. The summed E-state index contributed by atoms with van der Waals surface area (Å²) in [6, 6.07) is 14.5. The van der Waals surface area contributed by atoms with Crippen LogP contribution in [0.1, 0.15) is 26.4 Å². The van der Waals surface area contributed by atoms with Crippen molar-refractivity contribution in [3.8, 4) is 56.8 Å². The minimum absolute atomic E-state index is 0.00211. The third-order valence-electron chi connectivity index (χ3n) is 9.72. The first-order chi connectivity index (χ1) is 23.4. The van der Waals surface area contributed by atoms with Crippen LogP contribution in [0.2, 0.25) is 0 Å². The fourth-order valence-electron chi connectivity index (χ4n) is 7.76. The van der Waals surface area contributed by atoms with Gasteiger partial charge >= 0.3 is 0 Å². The second kappa shape index (κ2) is 9.13. The van der Waals surface area contributed by atoms with E-state index in [1.165, 1.54) is 12.0 Å². The molecule has 5 aromatic carbocycles. The molecule has 1 aromatic heterocycles. The Labute approximate surface area is 271 Å². The van der Waals surface area contributed by atoms with Crippen LogP contribution in [-0.4, -0.2) is 57.3 Å². The molecule has 6 aromatic rings. The highest BCUT2D eigenvalue weighted by Crippen LogP contribution is 2.58. The van der Waals surface area contributed by atoms with Crippen LogP contribution < -0.4 is 33.3 Å². The number of ketones is 2. The molecule has 0 fully saturated rings. The number of nitrogens with zero attached hydrogens (tertiary/aromatic N) is 2. The molecule has 0 spiro atoms. The Hall–Kier alpha value is -6.36. The lowest BCUT2D eigenvalue weighted by Crippen LogP contribution is -2.37. The normalized spacial score (nSPS) is 15.1. The number of aromatic nitrogens is 1. The summed E-state index contributed by atoms with van der Waals surface area (Å²) in [5, 5.41) is 3.77. The quantitative estimate of drug-likeness (QED) is 0.167. The number of methoxy groups -OCH3 is 2. The third kappa shape index (κ3) is 3.08. The van der Waals surface area contributed by atoms with Crippen LogP contribution in [0.3, 0.4) is 0 Å². The number of amides is 1. The third-order valence-corrected chi connectivity index (χ3v) is 9.72. The van der Waals surface area contributed by atoms with Crippen LogP contribution in [-0.2, 0) is 4.79 Å². The Morgan fingerprint density at radius 3 is 2.19 bits per heavy atom. The van der Waals surface area contributed by atoms with Gasteiger partial charge in [0, 0.05) is 62.6 Å². The molecule has 0 radical (unpaired) electrons. The predicted octanol–water partition coefficient (Wildman–Crippen LogP) is 6.05. The van der Waals surface area contributed by atoms with Crippen molar-refractivity contribution in [1.29, 1.82) is 0 Å². The fraction of sp³-hybridized carbons (Fsp3) is 0.135. The van der Waals surface area contributed by atoms with Crippen LogP contribution in [0.5, 0.6) is 34.5 Å². The van der Waals surface area contributed by atoms with Crippen LogP contribution in [0.4, 0.5) is 5.69 Å². The van der Waals surface area contributed by atoms with Crippen molar-refractivity contribution in [3.63, 3.8) is 0 Å². The highest BCUT2D eigenvalue weighted by Gasteiger charge is 2.40. The second-order valence-corrected chi connectivity index (χ2v) is 11.8. The summed E-state index contributed by atoms with van der Waals surface area (Å²) in [6.07, 6.45) is 1.63. The van der Waals surface area contributed by atoms with Gasteiger partial charge in [-0.05, 0) is 35.0 Å². The number of hydrogen-bond donors (Lipinski definition) is 0. The predicted molar refractivity (Wildman–Crippen MR) is 174 cm³/mol. The van der Waals surface area contributed by atoms with E-state index in [9.17, 15) is 14.4 Å². The first-order valence-corrected chi connectivity index (χ1v) is 15.1. The van der Waals surface area contributed by atoms with E-state index in [-0.39, 0.29) is 30.6 Å². The summed E-state index contributed by atoms with van der Waals surface area (Å²) in [6.45, 7) is -0.0292. The first-order valence-electron chi connectivity index (χ1n) is 15.1. The van der Waals surface area contributed by atoms with Crippen molar-refractivity contribution < 1.29 is 42.8 Å². The van der Waals surface area contributed by atoms with Crippen molar-refractivity contribution >= 4 is 55.5 Å². The molecule has 234 valence electrons. The molecule has 0 bridgehead atoms. The molecule has 48 heavy (non-hydrogen) atoms. The number of Topliss-reactive ketones (excluding diaryl/α,β-unsaturated/α-hetero) is 1. The number of fused-ring (bicyclic) bond motifs is 8. The number of carbonyl (C=O) groups excluding carboxylic acids is 3. The summed E-state index contributed by atoms with van der Waals surface area (Å²) in [4.78, 5) is 47.6. The maximum Gasteiger partial charge on any atom is 0.299 e. The summed E-state index contributed by atoms with van der Waals surface area (Å²) in [5.74, 6) is 1.14. The van der Waals surface area contributed by atoms with Crippen molar-refractivity contribution in [2.45, 2.75) is 0 Å². The van der Waals surface area contributed by atoms with E-state index in [1.807, 2.05) is 36.4 Å². The Bertz CT molecular complexity index is 2570. The molecule has 11 heteroatoms. The zero-order valence-corrected chi connectivity index (χ0v) is 25.7. The average Bonchev–Trinajstić information content (AvgIpc) is 3.79. The molecule has 11 nitrogen and oxygen atoms in total. The highest BCUT2D eigenvalue weighted by molar-refractivity contribution is 6.54. The second-order valence-electron chi connectivity index (χ2n) is 11.8. The molecule has 0 atom stereocenters. The van der Waals surface area contributed by atoms with Gasteiger partial charge in [-0.3, -0.25) is 19.4 Å². The number of rotatable bonds is 3. The Morgan fingerprint density at radius 2 is 1.40 bits per heavy atom. The molecule has 0 saturated carbocycles. The van der Waals surface area contributed by atoms with Crippen molar-refractivity contribution in [2.24, 2.45) is 0 Å². The standard InChI is InChI=1S/C37H22N2O9/c1-39-32-27-18(33(40)37(39)42)11-23-36(48-14-46-23)30(27)15-6-4-8-20(43-2)24(15)28(32)19-12-38-31-26-17(19)10-22-35(47-13-45-22)29(26)16-7-5-9-21(44-3)25(16)34(31)41/h4-12H,13-14H2,1-3H3. The van der Waals surface area contributed by atoms with Gasteiger partial charge < -0.3 is 33.3 Å². The Balaban J connectivity index is 1.44. The van der Waals surface area contributed by atoms with Gasteiger partial charge in [0.05, 0.1) is 25.5 Å². The molecule has 10 rings (SSSR count). The van der Waals surface area contributed by atoms with E-state index >= 15 is 0 Å². The molecule has 4 heterocycles. The lowest BCUT2D eigenvalue weighted by atomic mass is 9.80. The van der Waals surface area contributed by atoms with Crippen molar-refractivity contribution in [3.05, 3.63) is 71.5 Å². The minimum Gasteiger partial charge on any atom is -0.496 e. The highest BCUT2D eigenvalue weighted by atomic mass is 16.7. The first kappa shape index (κ1) is 26.8. The number of hydrogen-bond acceptors (Lipinski definition) is 10. The van der Waals surface area contributed by atoms with Crippen molar-refractivity contribution in [1.82, 2.24) is 4.98 Å². The number of likely N-dealkylation sites (N-methyl/N-ethyl adjacent to an activating group) is 1. The van der Waals surface area contributed by atoms with E-state index < -0.39 is 11.7 Å². The summed E-state index contributed by atoms with van der Waals surface area (Å²) >= 11 is 0. The molecular weight excluding hydrogens is 616 g/mol. The molecule has 0 unspecified atom stereocenters. The number of ether oxygens (including phenoxy) is 6. The van der Waals surface area contributed by atoms with E-state index in [0.29, 0.717) is 94.9 Å². The van der Waals surface area contributed by atoms with E-state index in [2.05, 4.69) is 0 Å². The summed E-state index contributed by atoms with van der Waals surface area (Å²) in [7, 11) is 4.67. The number of benzene rings is 5. The zero-order chi connectivity index (χ0) is 32.6. The minimum atomic E-state index is -0.706. The van der Waals surface area contributed by atoms with Gasteiger partial charge in [-0.2, -0.15) is 0 Å². The van der Waals surface area contributed by atoms with Gasteiger partial charge in [0.15, 0.2) is 23.0 Å². The van der Waals surface area contributed by atoms with Crippen molar-refractivity contribution in [2.75, 3.05) is 39.8 Å². The largest absolute Gasteiger partial charge is 0.496 e. The average molecular weight is 639 g/mol. The molecule has 0 saturated heterocycles. The topological polar surface area (TPSA) is 123 Å². The van der Waals surface area contributed by atoms with Gasteiger partial charge in [0.25, 0.3) is 11.7 Å². The van der Waals surface area contributed by atoms with E-state index in [1.54, 1.807) is 32.5 Å².